The summed E-state index contributed by atoms with van der Waals surface area (Å²) in [5, 5.41) is 0.572. The molecule has 0 saturated heterocycles. The zero-order chi connectivity index (χ0) is 21.3. The predicted molar refractivity (Wildman–Crippen MR) is 112 cm³/mol. The summed E-state index contributed by atoms with van der Waals surface area (Å²) >= 11 is 6.24. The number of benzene rings is 2. The van der Waals surface area contributed by atoms with Crippen LogP contribution < -0.4 is 10.5 Å². The summed E-state index contributed by atoms with van der Waals surface area (Å²) in [5.41, 5.74) is 9.79. The fraction of sp³-hybridized carbons (Fsp3) is 0.227. The number of aromatic nitrogens is 1. The predicted octanol–water partition coefficient (Wildman–Crippen LogP) is 5.70. The molecule has 0 radical (unpaired) electrons. The lowest BCUT2D eigenvalue weighted by Crippen LogP contribution is -2.22. The fourth-order valence-electron chi connectivity index (χ4n) is 3.81. The van der Waals surface area contributed by atoms with Crippen LogP contribution in [0.5, 0.6) is 5.75 Å². The maximum Gasteiger partial charge on any atom is 0.573 e. The van der Waals surface area contributed by atoms with Crippen LogP contribution in [0.25, 0.3) is 22.4 Å². The van der Waals surface area contributed by atoms with Crippen molar-refractivity contribution in [3.05, 3.63) is 65.3 Å². The number of hydrogen-bond acceptors (Lipinski definition) is 3. The second kappa shape index (κ2) is 8.16. The van der Waals surface area contributed by atoms with Gasteiger partial charge in [0.1, 0.15) is 5.75 Å². The molecular weight excluding hydrogens is 415 g/mol. The molecule has 0 unspecified atom stereocenters. The van der Waals surface area contributed by atoms with Gasteiger partial charge < -0.3 is 15.0 Å². The molecule has 4 nitrogen and oxygen atoms in total. The third-order valence-electron chi connectivity index (χ3n) is 4.95. The van der Waals surface area contributed by atoms with E-state index in [1.54, 1.807) is 24.4 Å². The van der Waals surface area contributed by atoms with Gasteiger partial charge in [0.25, 0.3) is 0 Å². The molecule has 0 fully saturated rings. The van der Waals surface area contributed by atoms with E-state index in [9.17, 15) is 13.2 Å². The smallest absolute Gasteiger partial charge is 0.406 e. The van der Waals surface area contributed by atoms with Gasteiger partial charge in [0, 0.05) is 22.4 Å². The van der Waals surface area contributed by atoms with Crippen LogP contribution in [0.3, 0.4) is 0 Å². The van der Waals surface area contributed by atoms with E-state index in [-0.39, 0.29) is 11.8 Å². The molecule has 2 N–H and O–H groups in total. The first-order valence-electron chi connectivity index (χ1n) is 9.43. The number of ether oxygens (including phenoxy) is 1. The Labute approximate surface area is 176 Å². The van der Waals surface area contributed by atoms with E-state index in [1.807, 2.05) is 24.3 Å². The number of nitrogens with two attached hydrogens (primary N) is 1. The maximum absolute atomic E-state index is 12.7. The first-order chi connectivity index (χ1) is 14.4. The minimum absolute atomic E-state index is 0.0485. The maximum atomic E-state index is 12.7. The van der Waals surface area contributed by atoms with Crippen molar-refractivity contribution in [1.29, 1.82) is 0 Å². The van der Waals surface area contributed by atoms with Crippen LogP contribution in [0.4, 0.5) is 13.2 Å². The number of nitrogens with zero attached hydrogens (tertiary/aromatic N) is 2. The van der Waals surface area contributed by atoms with Crippen LogP contribution in [0.15, 0.2) is 59.6 Å². The molecular formula is C22H19ClF3N3O. The van der Waals surface area contributed by atoms with Gasteiger partial charge >= 0.3 is 6.36 Å². The van der Waals surface area contributed by atoms with E-state index < -0.39 is 6.36 Å². The van der Waals surface area contributed by atoms with Crippen LogP contribution in [-0.4, -0.2) is 30.2 Å². The molecule has 1 aliphatic rings. The molecule has 0 amide bonds. The summed E-state index contributed by atoms with van der Waals surface area (Å²) in [7, 11) is 0. The first kappa shape index (κ1) is 20.5. The summed E-state index contributed by atoms with van der Waals surface area (Å²) < 4.78 is 44.4. The van der Waals surface area contributed by atoms with Crippen molar-refractivity contribution < 1.29 is 17.9 Å². The Morgan fingerprint density at radius 3 is 2.60 bits per heavy atom. The second-order valence-electron chi connectivity index (χ2n) is 7.01. The lowest BCUT2D eigenvalue weighted by molar-refractivity contribution is -0.274. The Hall–Kier alpha value is -2.77. The van der Waals surface area contributed by atoms with Gasteiger partial charge in [-0.1, -0.05) is 35.9 Å². The molecule has 8 heteroatoms. The molecule has 2 heterocycles. The van der Waals surface area contributed by atoms with Gasteiger partial charge in [-0.2, -0.15) is 0 Å². The van der Waals surface area contributed by atoms with Crippen LogP contribution in [0.2, 0.25) is 5.02 Å². The molecule has 0 saturated carbocycles. The minimum Gasteiger partial charge on any atom is -0.406 e. The normalized spacial score (nSPS) is 15.8. The van der Waals surface area contributed by atoms with Crippen LogP contribution >= 0.6 is 11.6 Å². The molecule has 30 heavy (non-hydrogen) atoms. The van der Waals surface area contributed by atoms with Crippen molar-refractivity contribution >= 4 is 17.8 Å². The Bertz CT molecular complexity index is 1090. The van der Waals surface area contributed by atoms with Gasteiger partial charge in [-0.15, -0.1) is 13.2 Å². The Kier molecular flexibility index (Phi) is 5.58. The molecule has 1 aliphatic heterocycles. The van der Waals surface area contributed by atoms with Crippen molar-refractivity contribution in [2.24, 2.45) is 10.7 Å². The Morgan fingerprint density at radius 2 is 1.87 bits per heavy atom. The van der Waals surface area contributed by atoms with E-state index in [0.717, 1.165) is 28.9 Å². The highest BCUT2D eigenvalue weighted by molar-refractivity contribution is 6.30. The Morgan fingerprint density at radius 1 is 1.10 bits per heavy atom. The third kappa shape index (κ3) is 4.22. The highest BCUT2D eigenvalue weighted by atomic mass is 35.5. The van der Waals surface area contributed by atoms with Crippen molar-refractivity contribution in [2.45, 2.75) is 18.8 Å². The highest BCUT2D eigenvalue weighted by Gasteiger charge is 2.31. The molecule has 0 bridgehead atoms. The summed E-state index contributed by atoms with van der Waals surface area (Å²) in [6, 6.07) is 15.3. The molecule has 1 aromatic heterocycles. The van der Waals surface area contributed by atoms with Crippen molar-refractivity contribution in [3.63, 3.8) is 0 Å². The highest BCUT2D eigenvalue weighted by Crippen LogP contribution is 2.40. The molecule has 2 aromatic carbocycles. The van der Waals surface area contributed by atoms with Gasteiger partial charge in [-0.25, -0.2) is 0 Å². The van der Waals surface area contributed by atoms with Gasteiger partial charge in [-0.3, -0.25) is 4.99 Å². The van der Waals surface area contributed by atoms with Crippen LogP contribution in [0.1, 0.15) is 18.2 Å². The summed E-state index contributed by atoms with van der Waals surface area (Å²) in [6.45, 7) is 1.08. The largest absolute Gasteiger partial charge is 0.573 e. The van der Waals surface area contributed by atoms with Crippen molar-refractivity contribution in [1.82, 2.24) is 4.57 Å². The minimum atomic E-state index is -4.76. The lowest BCUT2D eigenvalue weighted by Gasteiger charge is -2.25. The number of aliphatic imine (C=N–C) groups is 1. The van der Waals surface area contributed by atoms with Crippen LogP contribution in [0, 0.1) is 0 Å². The number of halogens is 4. The Balaban J connectivity index is 1.91. The summed E-state index contributed by atoms with van der Waals surface area (Å²) in [6.07, 6.45) is -2.25. The second-order valence-corrected chi connectivity index (χ2v) is 7.45. The van der Waals surface area contributed by atoms with E-state index in [0.29, 0.717) is 23.7 Å². The van der Waals surface area contributed by atoms with Gasteiger partial charge in [0.15, 0.2) is 0 Å². The topological polar surface area (TPSA) is 52.5 Å². The number of rotatable bonds is 5. The molecule has 4 rings (SSSR count). The zero-order valence-electron chi connectivity index (χ0n) is 15.9. The lowest BCUT2D eigenvalue weighted by atomic mass is 10.0. The summed E-state index contributed by atoms with van der Waals surface area (Å²) in [4.78, 5) is 4.44. The van der Waals surface area contributed by atoms with Crippen LogP contribution in [-0.2, 0) is 0 Å². The third-order valence-corrected chi connectivity index (χ3v) is 5.18. The van der Waals surface area contributed by atoms with E-state index in [4.69, 9.17) is 17.3 Å². The molecule has 3 aromatic rings. The van der Waals surface area contributed by atoms with E-state index in [1.165, 1.54) is 12.1 Å². The van der Waals surface area contributed by atoms with Gasteiger partial charge in [-0.05, 0) is 48.9 Å². The quantitative estimate of drug-likeness (QED) is 0.561. The number of hydrogen-bond donors (Lipinski definition) is 1. The molecule has 156 valence electrons. The van der Waals surface area contributed by atoms with E-state index >= 15 is 0 Å². The molecule has 1 atom stereocenters. The number of alkyl halides is 3. The monoisotopic (exact) mass is 433 g/mol. The molecule has 0 aliphatic carbocycles. The summed E-state index contributed by atoms with van der Waals surface area (Å²) in [5.74, 6) is -0.270. The average Bonchev–Trinajstić information content (AvgIpc) is 3.08. The van der Waals surface area contributed by atoms with Gasteiger partial charge in [0.2, 0.25) is 0 Å². The van der Waals surface area contributed by atoms with E-state index in [2.05, 4.69) is 14.3 Å². The van der Waals surface area contributed by atoms with Crippen molar-refractivity contribution in [3.8, 4) is 28.1 Å². The van der Waals surface area contributed by atoms with Gasteiger partial charge in [0.05, 0.1) is 24.0 Å². The molecule has 0 spiro atoms. The standard InChI is InChI=1S/C22H19ClF3N3O/c23-16-5-1-4-15(9-16)21-20(11-18-13-28-12-17(7-8-27)29(18)21)14-3-2-6-19(10-14)30-22(24,25)26/h1-6,9-11,13,17H,7-8,12,27H2/t17-/m0/s1. The average molecular weight is 434 g/mol. The fourth-order valence-corrected chi connectivity index (χ4v) is 4.00. The number of fused-ring (bicyclic) bond motifs is 1. The van der Waals surface area contributed by atoms with Crippen molar-refractivity contribution in [2.75, 3.05) is 13.1 Å². The first-order valence-corrected chi connectivity index (χ1v) is 9.81. The zero-order valence-corrected chi connectivity index (χ0v) is 16.6. The SMILES string of the molecule is NCC[C@H]1CN=Cc2cc(-c3cccc(OC(F)(F)F)c3)c(-c3cccc(Cl)c3)n21.